The molecule has 0 unspecified atom stereocenters. The van der Waals surface area contributed by atoms with Crippen molar-refractivity contribution in [2.75, 3.05) is 6.61 Å². The maximum Gasteiger partial charge on any atom is 0.277 e. The second-order valence-corrected chi connectivity index (χ2v) is 6.20. The number of nitrogens with one attached hydrogen (secondary N) is 1. The smallest absolute Gasteiger partial charge is 0.277 e. The van der Waals surface area contributed by atoms with Crippen LogP contribution in [0.25, 0.3) is 0 Å². The zero-order valence-corrected chi connectivity index (χ0v) is 15.0. The van der Waals surface area contributed by atoms with Crippen LogP contribution < -0.4 is 10.2 Å². The first-order chi connectivity index (χ1) is 11.0. The number of carbonyl (C=O) groups is 1. The molecular weight excluding hydrogens is 356 g/mol. The number of halogens is 1. The van der Waals surface area contributed by atoms with Gasteiger partial charge in [0.1, 0.15) is 5.75 Å². The highest BCUT2D eigenvalue weighted by Crippen LogP contribution is 2.25. The maximum atomic E-state index is 11.8. The van der Waals surface area contributed by atoms with E-state index in [1.165, 1.54) is 0 Å². The van der Waals surface area contributed by atoms with Crippen LogP contribution in [0, 0.1) is 20.8 Å². The fourth-order valence-corrected chi connectivity index (χ4v) is 2.31. The van der Waals surface area contributed by atoms with Gasteiger partial charge in [0.2, 0.25) is 0 Å². The summed E-state index contributed by atoms with van der Waals surface area (Å²) in [4.78, 5) is 11.8. The van der Waals surface area contributed by atoms with Crippen LogP contribution in [0.4, 0.5) is 0 Å². The van der Waals surface area contributed by atoms with Gasteiger partial charge in [-0.25, -0.2) is 5.43 Å². The van der Waals surface area contributed by atoms with Crippen molar-refractivity contribution in [2.24, 2.45) is 5.10 Å². The number of hydrogen-bond acceptors (Lipinski definition) is 3. The van der Waals surface area contributed by atoms with E-state index >= 15 is 0 Å². The van der Waals surface area contributed by atoms with E-state index in [4.69, 9.17) is 4.74 Å². The molecule has 2 rings (SSSR count). The van der Waals surface area contributed by atoms with Gasteiger partial charge in [-0.1, -0.05) is 40.2 Å². The van der Waals surface area contributed by atoms with E-state index in [1.807, 2.05) is 57.2 Å². The van der Waals surface area contributed by atoms with Crippen molar-refractivity contribution < 1.29 is 9.53 Å². The summed E-state index contributed by atoms with van der Waals surface area (Å²) >= 11 is 3.37. The Morgan fingerprint density at radius 2 is 1.78 bits per heavy atom. The lowest BCUT2D eigenvalue weighted by Crippen LogP contribution is -2.25. The Morgan fingerprint density at radius 3 is 2.48 bits per heavy atom. The molecule has 0 saturated carbocycles. The van der Waals surface area contributed by atoms with Crippen LogP contribution in [0.1, 0.15) is 22.3 Å². The Hall–Kier alpha value is -2.14. The van der Waals surface area contributed by atoms with E-state index in [2.05, 4.69) is 26.5 Å². The Labute approximate surface area is 144 Å². The first-order valence-corrected chi connectivity index (χ1v) is 8.03. The van der Waals surface area contributed by atoms with Crippen LogP contribution in [0.2, 0.25) is 0 Å². The third-order valence-corrected chi connectivity index (χ3v) is 4.02. The van der Waals surface area contributed by atoms with E-state index in [-0.39, 0.29) is 12.5 Å². The largest absolute Gasteiger partial charge is 0.483 e. The Bertz CT molecular complexity index is 725. The van der Waals surface area contributed by atoms with Crippen molar-refractivity contribution in [3.05, 3.63) is 63.1 Å². The fourth-order valence-electron chi connectivity index (χ4n) is 2.05. The minimum Gasteiger partial charge on any atom is -0.483 e. The van der Waals surface area contributed by atoms with Crippen molar-refractivity contribution in [2.45, 2.75) is 20.8 Å². The predicted molar refractivity (Wildman–Crippen MR) is 96.0 cm³/mol. The summed E-state index contributed by atoms with van der Waals surface area (Å²) in [5, 5.41) is 3.93. The number of carbonyl (C=O) groups excluding carboxylic acids is 1. The summed E-state index contributed by atoms with van der Waals surface area (Å²) in [5.74, 6) is 0.468. The quantitative estimate of drug-likeness (QED) is 0.637. The second-order valence-electron chi connectivity index (χ2n) is 5.29. The van der Waals surface area contributed by atoms with E-state index in [0.717, 1.165) is 32.5 Å². The number of ether oxygens (including phenoxy) is 1. The van der Waals surface area contributed by atoms with Gasteiger partial charge < -0.3 is 4.74 Å². The topological polar surface area (TPSA) is 50.7 Å². The van der Waals surface area contributed by atoms with Gasteiger partial charge in [-0.15, -0.1) is 0 Å². The number of hydrogen-bond donors (Lipinski definition) is 1. The van der Waals surface area contributed by atoms with Crippen molar-refractivity contribution in [3.8, 4) is 5.75 Å². The molecule has 2 aromatic rings. The number of amides is 1. The van der Waals surface area contributed by atoms with Crippen molar-refractivity contribution in [3.63, 3.8) is 0 Å². The molecule has 0 spiro atoms. The van der Waals surface area contributed by atoms with Gasteiger partial charge in [0.25, 0.3) is 5.91 Å². The summed E-state index contributed by atoms with van der Waals surface area (Å²) in [7, 11) is 0. The summed E-state index contributed by atoms with van der Waals surface area (Å²) in [6.45, 7) is 5.90. The molecule has 23 heavy (non-hydrogen) atoms. The van der Waals surface area contributed by atoms with Crippen LogP contribution in [-0.4, -0.2) is 18.7 Å². The van der Waals surface area contributed by atoms with Crippen LogP contribution in [0.15, 0.2) is 46.0 Å². The number of benzene rings is 2. The molecular formula is C18H19BrN2O2. The summed E-state index contributed by atoms with van der Waals surface area (Å²) in [5.41, 5.74) is 6.57. The molecule has 0 aromatic heterocycles. The highest BCUT2D eigenvalue weighted by Gasteiger charge is 2.08. The molecule has 0 fully saturated rings. The van der Waals surface area contributed by atoms with E-state index in [0.29, 0.717) is 0 Å². The molecule has 1 amide bonds. The molecule has 0 atom stereocenters. The van der Waals surface area contributed by atoms with Crippen molar-refractivity contribution in [1.29, 1.82) is 0 Å². The highest BCUT2D eigenvalue weighted by molar-refractivity contribution is 9.10. The number of nitrogens with zero attached hydrogens (tertiary/aromatic N) is 1. The normalized spacial score (nSPS) is 10.8. The van der Waals surface area contributed by atoms with Gasteiger partial charge in [-0.2, -0.15) is 5.10 Å². The molecule has 5 heteroatoms. The van der Waals surface area contributed by atoms with Gasteiger partial charge in [0.05, 0.1) is 6.21 Å². The molecule has 120 valence electrons. The van der Waals surface area contributed by atoms with E-state index in [9.17, 15) is 4.79 Å². The molecule has 1 N–H and O–H groups in total. The number of aryl methyl sites for hydroxylation is 2. The Kier molecular flexibility index (Phi) is 5.93. The van der Waals surface area contributed by atoms with Gasteiger partial charge in [-0.3, -0.25) is 4.79 Å². The maximum absolute atomic E-state index is 11.8. The standard InChI is InChI=1S/C18H19BrN2O2/c1-12-4-5-13(2)18(14(12)3)23-11-17(22)21-20-10-15-6-8-16(19)9-7-15/h4-10H,11H2,1-3H3,(H,21,22). The van der Waals surface area contributed by atoms with Crippen LogP contribution in [-0.2, 0) is 4.79 Å². The van der Waals surface area contributed by atoms with Crippen LogP contribution >= 0.6 is 15.9 Å². The van der Waals surface area contributed by atoms with Gasteiger partial charge in [0.15, 0.2) is 6.61 Å². The van der Waals surface area contributed by atoms with E-state index in [1.54, 1.807) is 6.21 Å². The molecule has 0 aliphatic rings. The van der Waals surface area contributed by atoms with Gasteiger partial charge in [-0.05, 0) is 55.2 Å². The average molecular weight is 375 g/mol. The number of hydrazone groups is 1. The zero-order chi connectivity index (χ0) is 16.8. The molecule has 0 saturated heterocycles. The van der Waals surface area contributed by atoms with E-state index < -0.39 is 0 Å². The number of rotatable bonds is 5. The lowest BCUT2D eigenvalue weighted by molar-refractivity contribution is -0.123. The third-order valence-electron chi connectivity index (χ3n) is 3.49. The first kappa shape index (κ1) is 17.2. The first-order valence-electron chi connectivity index (χ1n) is 7.24. The Balaban J connectivity index is 1.88. The molecule has 2 aromatic carbocycles. The lowest BCUT2D eigenvalue weighted by atomic mass is 10.1. The average Bonchev–Trinajstić information content (AvgIpc) is 2.53. The molecule has 0 heterocycles. The molecule has 0 radical (unpaired) electrons. The van der Waals surface area contributed by atoms with Gasteiger partial charge in [0, 0.05) is 4.47 Å². The molecule has 4 nitrogen and oxygen atoms in total. The molecule has 0 aliphatic heterocycles. The molecule has 0 bridgehead atoms. The fraction of sp³-hybridized carbons (Fsp3) is 0.222. The second kappa shape index (κ2) is 7.92. The highest BCUT2D eigenvalue weighted by atomic mass is 79.9. The SMILES string of the molecule is Cc1ccc(C)c(OCC(=O)NN=Cc2ccc(Br)cc2)c1C. The molecule has 0 aliphatic carbocycles. The monoisotopic (exact) mass is 374 g/mol. The van der Waals surface area contributed by atoms with Gasteiger partial charge >= 0.3 is 0 Å². The predicted octanol–water partition coefficient (Wildman–Crippen LogP) is 3.90. The van der Waals surface area contributed by atoms with Crippen LogP contribution in [0.3, 0.4) is 0 Å². The summed E-state index contributed by atoms with van der Waals surface area (Å²) < 4.78 is 6.63. The van der Waals surface area contributed by atoms with Crippen LogP contribution in [0.5, 0.6) is 5.75 Å². The van der Waals surface area contributed by atoms with Crippen molar-refractivity contribution >= 4 is 28.1 Å². The zero-order valence-electron chi connectivity index (χ0n) is 13.4. The lowest BCUT2D eigenvalue weighted by Gasteiger charge is -2.13. The van der Waals surface area contributed by atoms with Crippen molar-refractivity contribution in [1.82, 2.24) is 5.43 Å². The Morgan fingerprint density at radius 1 is 1.13 bits per heavy atom. The summed E-state index contributed by atoms with van der Waals surface area (Å²) in [6.07, 6.45) is 1.59. The third kappa shape index (κ3) is 4.93. The minimum atomic E-state index is -0.293. The summed E-state index contributed by atoms with van der Waals surface area (Å²) in [6, 6.07) is 11.7. The minimum absolute atomic E-state index is 0.0667.